The van der Waals surface area contributed by atoms with Gasteiger partial charge in [0.05, 0.1) is 6.61 Å². The summed E-state index contributed by atoms with van der Waals surface area (Å²) in [6.45, 7) is 10.1. The number of aryl methyl sites for hydroxylation is 1. The van der Waals surface area contributed by atoms with Crippen molar-refractivity contribution in [3.8, 4) is 22.3 Å². The summed E-state index contributed by atoms with van der Waals surface area (Å²) in [6, 6.07) is 12.0. The number of unbranched alkanes of at least 4 members (excludes halogenated alkanes) is 2. The molecule has 7 heteroatoms. The Morgan fingerprint density at radius 2 is 1.53 bits per heavy atom. The molecule has 3 aromatic carbocycles. The van der Waals surface area contributed by atoms with E-state index >= 15 is 8.78 Å². The molecule has 1 aliphatic rings. The van der Waals surface area contributed by atoms with Crippen LogP contribution in [0.4, 0.5) is 17.6 Å². The maximum Gasteiger partial charge on any atom is 0.293 e. The number of hydrogen-bond donors (Lipinski definition) is 1. The first-order valence-corrected chi connectivity index (χ1v) is 15.9. The largest absolute Gasteiger partial charge is 0.468 e. The van der Waals surface area contributed by atoms with E-state index in [1.807, 2.05) is 20.8 Å². The normalized spacial score (nSPS) is 16.8. The number of ether oxygens (including phenoxy) is 1. The lowest BCUT2D eigenvalue weighted by Crippen LogP contribution is -2.21. The molecule has 0 saturated heterocycles. The number of hydrogen-bond acceptors (Lipinski definition) is 3. The maximum absolute atomic E-state index is 15.2. The van der Waals surface area contributed by atoms with Crippen LogP contribution in [-0.4, -0.2) is 24.8 Å². The molecule has 1 atom stereocenters. The minimum Gasteiger partial charge on any atom is -0.468 e. The van der Waals surface area contributed by atoms with E-state index in [-0.39, 0.29) is 41.7 Å². The average Bonchev–Trinajstić information content (AvgIpc) is 3.01. The third-order valence-corrected chi connectivity index (χ3v) is 8.41. The molecule has 0 radical (unpaired) electrons. The summed E-state index contributed by atoms with van der Waals surface area (Å²) >= 11 is 0. The molecular weight excluding hydrogens is 580 g/mol. The van der Waals surface area contributed by atoms with Crippen LogP contribution in [0.25, 0.3) is 22.3 Å². The molecule has 0 spiro atoms. The fourth-order valence-electron chi connectivity index (χ4n) is 6.06. The molecule has 1 saturated carbocycles. The Hall–Kier alpha value is -3.45. The Balaban J connectivity index is 0.00000130. The van der Waals surface area contributed by atoms with Crippen molar-refractivity contribution >= 4 is 6.47 Å². The van der Waals surface area contributed by atoms with E-state index < -0.39 is 23.3 Å². The Bertz CT molecular complexity index is 1410. The van der Waals surface area contributed by atoms with Gasteiger partial charge >= 0.3 is 0 Å². The Kier molecular flexibility index (Phi) is 14.3. The average molecular weight is 627 g/mol. The number of aliphatic hydroxyl groups is 1. The number of carbonyl (C=O) groups is 1. The van der Waals surface area contributed by atoms with Crippen molar-refractivity contribution in [2.45, 2.75) is 84.5 Å². The van der Waals surface area contributed by atoms with Gasteiger partial charge in [-0.3, -0.25) is 4.79 Å². The van der Waals surface area contributed by atoms with Crippen molar-refractivity contribution in [3.63, 3.8) is 0 Å². The van der Waals surface area contributed by atoms with E-state index in [4.69, 9.17) is 4.74 Å². The predicted octanol–water partition coefficient (Wildman–Crippen LogP) is 10.3. The van der Waals surface area contributed by atoms with Crippen LogP contribution >= 0.6 is 0 Å². The van der Waals surface area contributed by atoms with Crippen LogP contribution in [0.3, 0.4) is 0 Å². The van der Waals surface area contributed by atoms with Crippen LogP contribution < -0.4 is 0 Å². The van der Waals surface area contributed by atoms with Gasteiger partial charge in [0.15, 0.2) is 11.6 Å². The second kappa shape index (κ2) is 17.9. The van der Waals surface area contributed by atoms with Gasteiger partial charge in [-0.2, -0.15) is 0 Å². The van der Waals surface area contributed by atoms with E-state index in [1.165, 1.54) is 29.8 Å². The van der Waals surface area contributed by atoms with Crippen molar-refractivity contribution in [2.24, 2.45) is 11.8 Å². The summed E-state index contributed by atoms with van der Waals surface area (Å²) < 4.78 is 64.8. The van der Waals surface area contributed by atoms with Crippen LogP contribution in [0, 0.1) is 35.1 Å². The molecule has 1 aliphatic carbocycles. The van der Waals surface area contributed by atoms with Crippen molar-refractivity contribution < 1.29 is 32.2 Å². The Morgan fingerprint density at radius 1 is 0.911 bits per heavy atom. The fourth-order valence-corrected chi connectivity index (χ4v) is 6.06. The molecule has 0 heterocycles. The number of rotatable bonds is 13. The summed E-state index contributed by atoms with van der Waals surface area (Å²) in [4.78, 5) is 10.4. The third kappa shape index (κ3) is 10.3. The quantitative estimate of drug-likeness (QED) is 0.0889. The summed E-state index contributed by atoms with van der Waals surface area (Å²) in [6.07, 6.45) is 7.28. The fraction of sp³-hybridized carbons (Fsp3) is 0.447. The van der Waals surface area contributed by atoms with E-state index in [0.717, 1.165) is 57.4 Å². The molecular formula is C38H46F4O3. The molecule has 1 fully saturated rings. The number of allylic oxidation sites excluding steroid dienone is 1. The van der Waals surface area contributed by atoms with Crippen molar-refractivity contribution in [2.75, 3.05) is 13.2 Å². The summed E-state index contributed by atoms with van der Waals surface area (Å²) in [5.41, 5.74) is 2.86. The monoisotopic (exact) mass is 626 g/mol. The van der Waals surface area contributed by atoms with Gasteiger partial charge in [0.25, 0.3) is 6.47 Å². The van der Waals surface area contributed by atoms with E-state index in [0.29, 0.717) is 35.5 Å². The zero-order chi connectivity index (χ0) is 32.9. The minimum absolute atomic E-state index is 0.00843. The SMILES string of the molecule is C=C(C)C.CCCCCc1ccc(-c2ccc(-c3ccc(C4CCC(CC(CO)COC=O)CC4)c(F)c3)c(F)c2)c(F)c1F. The maximum atomic E-state index is 15.2. The van der Waals surface area contributed by atoms with Crippen molar-refractivity contribution in [1.29, 1.82) is 0 Å². The van der Waals surface area contributed by atoms with Gasteiger partial charge in [0.2, 0.25) is 0 Å². The van der Waals surface area contributed by atoms with Gasteiger partial charge < -0.3 is 9.84 Å². The van der Waals surface area contributed by atoms with Gasteiger partial charge in [0.1, 0.15) is 11.6 Å². The number of aliphatic hydroxyl groups excluding tert-OH is 1. The van der Waals surface area contributed by atoms with Gasteiger partial charge in [-0.25, -0.2) is 17.6 Å². The second-order valence-electron chi connectivity index (χ2n) is 12.4. The summed E-state index contributed by atoms with van der Waals surface area (Å²) in [5.74, 6) is -2.58. The molecule has 1 N–H and O–H groups in total. The van der Waals surface area contributed by atoms with Gasteiger partial charge in [-0.05, 0) is 105 Å². The van der Waals surface area contributed by atoms with Gasteiger partial charge in [0, 0.05) is 23.7 Å². The lowest BCUT2D eigenvalue weighted by atomic mass is 9.75. The smallest absolute Gasteiger partial charge is 0.293 e. The van der Waals surface area contributed by atoms with Crippen molar-refractivity contribution in [1.82, 2.24) is 0 Å². The number of benzene rings is 3. The van der Waals surface area contributed by atoms with Crippen LogP contribution in [0.15, 0.2) is 60.7 Å². The standard InChI is InChI=1S/C34H38F4O3.C4H8/c1-2-3-4-5-25-10-15-30(34(38)33(25)37)27-12-14-29(32(36)18-27)26-11-13-28(31(35)17-26)24-8-6-22(7-9-24)16-23(19-39)20-41-21-40;1-4(2)3/h10-15,17-18,21-24,39H,2-9,16,19-20H2,1H3;1H2,2-3H3. The van der Waals surface area contributed by atoms with E-state index in [9.17, 15) is 18.7 Å². The highest BCUT2D eigenvalue weighted by molar-refractivity contribution is 5.72. The molecule has 0 aromatic heterocycles. The molecule has 0 bridgehead atoms. The Morgan fingerprint density at radius 3 is 2.13 bits per heavy atom. The Labute approximate surface area is 265 Å². The van der Waals surface area contributed by atoms with Crippen LogP contribution in [0.1, 0.15) is 89.2 Å². The molecule has 3 aromatic rings. The molecule has 0 amide bonds. The molecule has 0 aliphatic heterocycles. The lowest BCUT2D eigenvalue weighted by molar-refractivity contribution is -0.130. The molecule has 45 heavy (non-hydrogen) atoms. The first kappa shape index (κ1) is 36.0. The van der Waals surface area contributed by atoms with Gasteiger partial charge in [-0.1, -0.05) is 61.7 Å². The lowest BCUT2D eigenvalue weighted by Gasteiger charge is -2.31. The molecule has 3 nitrogen and oxygen atoms in total. The minimum atomic E-state index is -0.988. The van der Waals surface area contributed by atoms with Crippen LogP contribution in [0.2, 0.25) is 0 Å². The first-order chi connectivity index (χ1) is 21.6. The van der Waals surface area contributed by atoms with Crippen LogP contribution in [-0.2, 0) is 16.0 Å². The summed E-state index contributed by atoms with van der Waals surface area (Å²) in [5, 5.41) is 9.52. The third-order valence-electron chi connectivity index (χ3n) is 8.41. The molecule has 4 rings (SSSR count). The highest BCUT2D eigenvalue weighted by atomic mass is 19.2. The zero-order valence-electron chi connectivity index (χ0n) is 26.7. The second-order valence-corrected chi connectivity index (χ2v) is 12.4. The number of carbonyl (C=O) groups excluding carboxylic acids is 1. The van der Waals surface area contributed by atoms with Crippen molar-refractivity contribution in [3.05, 3.63) is 95.1 Å². The summed E-state index contributed by atoms with van der Waals surface area (Å²) in [7, 11) is 0. The molecule has 244 valence electrons. The van der Waals surface area contributed by atoms with Crippen LogP contribution in [0.5, 0.6) is 0 Å². The highest BCUT2D eigenvalue weighted by Gasteiger charge is 2.27. The first-order valence-electron chi connectivity index (χ1n) is 15.9. The molecule has 1 unspecified atom stereocenters. The van der Waals surface area contributed by atoms with Gasteiger partial charge in [-0.15, -0.1) is 6.58 Å². The number of halogens is 4. The zero-order valence-corrected chi connectivity index (χ0v) is 26.7. The predicted molar refractivity (Wildman–Crippen MR) is 173 cm³/mol. The van der Waals surface area contributed by atoms with E-state index in [1.54, 1.807) is 18.2 Å². The highest BCUT2D eigenvalue weighted by Crippen LogP contribution is 2.40. The topological polar surface area (TPSA) is 46.5 Å². The van der Waals surface area contributed by atoms with E-state index in [2.05, 4.69) is 6.58 Å².